The molecule has 56 heavy (non-hydrogen) atoms. The lowest BCUT2D eigenvalue weighted by Crippen LogP contribution is -2.29. The highest BCUT2D eigenvalue weighted by atomic mass is 32.1. The highest BCUT2D eigenvalue weighted by Gasteiger charge is 2.34. The van der Waals surface area contributed by atoms with Gasteiger partial charge in [-0.15, -0.1) is 11.3 Å². The Morgan fingerprint density at radius 1 is 0.393 bits per heavy atom. The van der Waals surface area contributed by atoms with Gasteiger partial charge >= 0.3 is 0 Å². The van der Waals surface area contributed by atoms with Gasteiger partial charge in [-0.05, 0) is 99.5 Å². The standard InChI is InChI=1S/C54H45NS/c1-2-12-36-54(37-13-3-1,42-20-8-5-9-21-42)43-28-32-45(33-29-43)55(44-30-26-41(27-31-44)48-23-14-19-39-18-10-11-22-47(39)48)46-34-35-50-52(38-46)56-51-25-15-24-49(53(50)51)40-16-6-4-7-17-40/h4-11,14-35,38H,1-3,12-13,36-37H2. The summed E-state index contributed by atoms with van der Waals surface area (Å²) >= 11 is 1.89. The third-order valence-electron chi connectivity index (χ3n) is 12.3. The van der Waals surface area contributed by atoms with E-state index in [4.69, 9.17) is 0 Å². The van der Waals surface area contributed by atoms with Gasteiger partial charge in [0.1, 0.15) is 0 Å². The zero-order valence-electron chi connectivity index (χ0n) is 31.7. The summed E-state index contributed by atoms with van der Waals surface area (Å²) in [4.78, 5) is 2.45. The monoisotopic (exact) mass is 739 g/mol. The molecule has 10 rings (SSSR count). The molecule has 1 aliphatic rings. The Morgan fingerprint density at radius 3 is 1.73 bits per heavy atom. The Labute approximate surface area is 334 Å². The molecule has 0 unspecified atom stereocenters. The van der Waals surface area contributed by atoms with Gasteiger partial charge in [-0.25, -0.2) is 0 Å². The van der Waals surface area contributed by atoms with E-state index in [0.29, 0.717) is 0 Å². The molecule has 0 spiro atoms. The van der Waals surface area contributed by atoms with Crippen LogP contribution in [0.2, 0.25) is 0 Å². The lowest BCUT2D eigenvalue weighted by molar-refractivity contribution is 0.366. The van der Waals surface area contributed by atoms with Crippen LogP contribution in [0.1, 0.15) is 56.1 Å². The van der Waals surface area contributed by atoms with Crippen molar-refractivity contribution in [2.24, 2.45) is 0 Å². The Bertz CT molecular complexity index is 2750. The van der Waals surface area contributed by atoms with Crippen molar-refractivity contribution in [3.63, 3.8) is 0 Å². The number of fused-ring (bicyclic) bond motifs is 4. The van der Waals surface area contributed by atoms with Crippen LogP contribution in [0, 0.1) is 0 Å². The maximum Gasteiger partial charge on any atom is 0.0476 e. The predicted molar refractivity (Wildman–Crippen MR) is 242 cm³/mol. The minimum absolute atomic E-state index is 0.0393. The molecule has 1 fully saturated rings. The fourth-order valence-corrected chi connectivity index (χ4v) is 10.6. The van der Waals surface area contributed by atoms with E-state index >= 15 is 0 Å². The molecule has 0 bridgehead atoms. The van der Waals surface area contributed by atoms with Gasteiger partial charge in [0.15, 0.2) is 0 Å². The Kier molecular flexibility index (Phi) is 9.21. The van der Waals surface area contributed by atoms with Crippen LogP contribution in [0.15, 0.2) is 188 Å². The van der Waals surface area contributed by atoms with Crippen LogP contribution in [-0.4, -0.2) is 0 Å². The zero-order valence-corrected chi connectivity index (χ0v) is 32.5. The quantitative estimate of drug-likeness (QED) is 0.157. The SMILES string of the molecule is c1ccc(-c2cccc3sc4cc(N(c5ccc(-c6cccc7ccccc67)cc5)c5ccc(C6(c7ccccc7)CCCCCCC6)cc5)ccc4c23)cc1. The molecule has 272 valence electrons. The first-order chi connectivity index (χ1) is 27.7. The van der Waals surface area contributed by atoms with E-state index in [-0.39, 0.29) is 5.41 Å². The van der Waals surface area contributed by atoms with Gasteiger partial charge in [-0.2, -0.15) is 0 Å². The second-order valence-corrected chi connectivity index (χ2v) is 16.6. The Balaban J connectivity index is 1.10. The average Bonchev–Trinajstić information content (AvgIpc) is 3.63. The molecule has 1 nitrogen and oxygen atoms in total. The average molecular weight is 740 g/mol. The van der Waals surface area contributed by atoms with Crippen molar-refractivity contribution in [3.05, 3.63) is 199 Å². The Hall–Kier alpha value is -5.96. The second-order valence-electron chi connectivity index (χ2n) is 15.5. The summed E-state index contributed by atoms with van der Waals surface area (Å²) in [6.45, 7) is 0. The predicted octanol–water partition coefficient (Wildman–Crippen LogP) is 16.0. The number of benzene rings is 8. The molecule has 0 saturated heterocycles. The molecule has 1 aromatic heterocycles. The lowest BCUT2D eigenvalue weighted by atomic mass is 9.67. The van der Waals surface area contributed by atoms with Gasteiger partial charge in [0.2, 0.25) is 0 Å². The second kappa shape index (κ2) is 14.9. The number of nitrogens with zero attached hydrogens (tertiary/aromatic N) is 1. The van der Waals surface area contributed by atoms with Gasteiger partial charge in [0, 0.05) is 42.6 Å². The molecule has 0 N–H and O–H groups in total. The minimum Gasteiger partial charge on any atom is -0.310 e. The van der Waals surface area contributed by atoms with E-state index < -0.39 is 0 Å². The number of thiophene rings is 1. The molecule has 1 saturated carbocycles. The smallest absolute Gasteiger partial charge is 0.0476 e. The summed E-state index contributed by atoms with van der Waals surface area (Å²) in [5.41, 5.74) is 11.5. The van der Waals surface area contributed by atoms with Crippen LogP contribution in [0.25, 0.3) is 53.2 Å². The normalized spacial score (nSPS) is 14.4. The van der Waals surface area contributed by atoms with Crippen LogP contribution in [0.4, 0.5) is 17.1 Å². The van der Waals surface area contributed by atoms with Crippen molar-refractivity contribution in [1.29, 1.82) is 0 Å². The van der Waals surface area contributed by atoms with Crippen LogP contribution in [-0.2, 0) is 5.41 Å². The van der Waals surface area contributed by atoms with Gasteiger partial charge in [-0.3, -0.25) is 0 Å². The zero-order chi connectivity index (χ0) is 37.3. The van der Waals surface area contributed by atoms with Gasteiger partial charge in [0.05, 0.1) is 0 Å². The van der Waals surface area contributed by atoms with Crippen molar-refractivity contribution in [1.82, 2.24) is 0 Å². The third kappa shape index (κ3) is 6.29. The third-order valence-corrected chi connectivity index (χ3v) is 13.4. The van der Waals surface area contributed by atoms with E-state index in [0.717, 1.165) is 5.69 Å². The first-order valence-electron chi connectivity index (χ1n) is 20.3. The molecular weight excluding hydrogens is 695 g/mol. The summed E-state index contributed by atoms with van der Waals surface area (Å²) in [5, 5.41) is 5.19. The molecule has 1 heterocycles. The van der Waals surface area contributed by atoms with E-state index in [2.05, 4.69) is 193 Å². The highest BCUT2D eigenvalue weighted by Crippen LogP contribution is 2.47. The molecule has 0 radical (unpaired) electrons. The van der Waals surface area contributed by atoms with Gasteiger partial charge in [0.25, 0.3) is 0 Å². The van der Waals surface area contributed by atoms with Crippen LogP contribution in [0.3, 0.4) is 0 Å². The van der Waals surface area contributed by atoms with Gasteiger partial charge < -0.3 is 4.90 Å². The molecular formula is C54H45NS. The molecule has 9 aromatic rings. The maximum atomic E-state index is 2.45. The molecule has 2 heteroatoms. The topological polar surface area (TPSA) is 3.24 Å². The van der Waals surface area contributed by atoms with E-state index in [9.17, 15) is 0 Å². The van der Waals surface area contributed by atoms with Crippen molar-refractivity contribution < 1.29 is 0 Å². The van der Waals surface area contributed by atoms with E-state index in [1.54, 1.807) is 0 Å². The summed E-state index contributed by atoms with van der Waals surface area (Å²) in [5.74, 6) is 0. The van der Waals surface area contributed by atoms with Crippen molar-refractivity contribution in [2.75, 3.05) is 4.90 Å². The molecule has 8 aromatic carbocycles. The summed E-state index contributed by atoms with van der Waals surface area (Å²) in [6.07, 6.45) is 8.94. The minimum atomic E-state index is 0.0393. The van der Waals surface area contributed by atoms with Crippen molar-refractivity contribution in [2.45, 2.75) is 50.4 Å². The largest absolute Gasteiger partial charge is 0.310 e. The molecule has 0 atom stereocenters. The summed E-state index contributed by atoms with van der Waals surface area (Å²) in [6, 6.07) is 70.0. The first kappa shape index (κ1) is 34.5. The van der Waals surface area contributed by atoms with Gasteiger partial charge in [-0.1, -0.05) is 178 Å². The number of rotatable bonds is 7. The first-order valence-corrected chi connectivity index (χ1v) is 21.1. The number of hydrogen-bond donors (Lipinski definition) is 0. The molecule has 1 aliphatic carbocycles. The summed E-state index contributed by atoms with van der Waals surface area (Å²) in [7, 11) is 0. The van der Waals surface area contributed by atoms with Crippen molar-refractivity contribution >= 4 is 59.3 Å². The summed E-state index contributed by atoms with van der Waals surface area (Å²) < 4.78 is 2.62. The van der Waals surface area contributed by atoms with E-state index in [1.165, 1.54) is 121 Å². The Morgan fingerprint density at radius 2 is 0.964 bits per heavy atom. The molecule has 0 amide bonds. The van der Waals surface area contributed by atoms with Crippen LogP contribution < -0.4 is 4.90 Å². The fourth-order valence-electron chi connectivity index (χ4n) is 9.47. The van der Waals surface area contributed by atoms with Crippen LogP contribution in [0.5, 0.6) is 0 Å². The fraction of sp³-hybridized carbons (Fsp3) is 0.148. The maximum absolute atomic E-state index is 2.45. The number of anilines is 3. The van der Waals surface area contributed by atoms with Crippen LogP contribution >= 0.6 is 11.3 Å². The number of hydrogen-bond acceptors (Lipinski definition) is 2. The van der Waals surface area contributed by atoms with Crippen molar-refractivity contribution in [3.8, 4) is 22.3 Å². The lowest BCUT2D eigenvalue weighted by Gasteiger charge is -2.37. The molecule has 0 aliphatic heterocycles. The highest BCUT2D eigenvalue weighted by molar-refractivity contribution is 7.26. The van der Waals surface area contributed by atoms with E-state index in [1.807, 2.05) is 11.3 Å².